The van der Waals surface area contributed by atoms with Crippen molar-refractivity contribution in [3.63, 3.8) is 0 Å². The molecule has 0 aliphatic heterocycles. The Morgan fingerprint density at radius 2 is 1.72 bits per heavy atom. The first-order valence-electron chi connectivity index (χ1n) is 11.4. The Labute approximate surface area is 210 Å². The lowest BCUT2D eigenvalue weighted by Gasteiger charge is -2.11. The van der Waals surface area contributed by atoms with Gasteiger partial charge in [0.15, 0.2) is 0 Å². The van der Waals surface area contributed by atoms with Crippen LogP contribution in [0, 0.1) is 12.7 Å². The van der Waals surface area contributed by atoms with Gasteiger partial charge in [-0.1, -0.05) is 12.1 Å². The summed E-state index contributed by atoms with van der Waals surface area (Å²) in [7, 11) is 0. The number of benzene rings is 3. The fourth-order valence-electron chi connectivity index (χ4n) is 4.11. The molecule has 0 bridgehead atoms. The Hall–Kier alpha value is -4.30. The molecule has 6 nitrogen and oxygen atoms in total. The number of nitrogens with zero attached hydrogens (tertiary/aromatic N) is 4. The maximum atomic E-state index is 13.4. The maximum absolute atomic E-state index is 13.4. The average molecular weight is 497 g/mol. The molecule has 0 spiro atoms. The third-order valence-electron chi connectivity index (χ3n) is 5.78. The van der Waals surface area contributed by atoms with Crippen molar-refractivity contribution >= 4 is 32.6 Å². The lowest BCUT2D eigenvalue weighted by Crippen LogP contribution is -1.99. The van der Waals surface area contributed by atoms with Crippen LogP contribution in [0.4, 0.5) is 4.39 Å². The molecule has 8 heteroatoms. The molecule has 0 amide bonds. The van der Waals surface area contributed by atoms with Gasteiger partial charge in [-0.3, -0.25) is 9.55 Å². The van der Waals surface area contributed by atoms with Gasteiger partial charge in [-0.25, -0.2) is 14.4 Å². The molecule has 36 heavy (non-hydrogen) atoms. The van der Waals surface area contributed by atoms with Crippen molar-refractivity contribution in [1.82, 2.24) is 19.5 Å². The second kappa shape index (κ2) is 9.39. The van der Waals surface area contributed by atoms with E-state index in [2.05, 4.69) is 19.5 Å². The van der Waals surface area contributed by atoms with E-state index in [-0.39, 0.29) is 5.82 Å². The number of aryl methyl sites for hydroxylation is 1. The summed E-state index contributed by atoms with van der Waals surface area (Å²) in [5.41, 5.74) is 4.68. The summed E-state index contributed by atoms with van der Waals surface area (Å²) < 4.78 is 28.3. The van der Waals surface area contributed by atoms with E-state index in [0.29, 0.717) is 13.2 Å². The van der Waals surface area contributed by atoms with Gasteiger partial charge in [0, 0.05) is 11.9 Å². The third-order valence-corrected chi connectivity index (χ3v) is 6.77. The summed E-state index contributed by atoms with van der Waals surface area (Å²) in [4.78, 5) is 13.2. The van der Waals surface area contributed by atoms with Crippen LogP contribution in [0.3, 0.4) is 0 Å². The van der Waals surface area contributed by atoms with E-state index in [1.165, 1.54) is 23.5 Å². The summed E-state index contributed by atoms with van der Waals surface area (Å²) in [6, 6.07) is 22.3. The minimum atomic E-state index is -0.260. The molecule has 0 aliphatic carbocycles. The lowest BCUT2D eigenvalue weighted by molar-refractivity contribution is 0.295. The van der Waals surface area contributed by atoms with Crippen LogP contribution in [0.2, 0.25) is 0 Å². The van der Waals surface area contributed by atoms with Gasteiger partial charge in [0.1, 0.15) is 46.9 Å². The Kier molecular flexibility index (Phi) is 5.79. The first kappa shape index (κ1) is 22.2. The van der Waals surface area contributed by atoms with Crippen LogP contribution in [0.5, 0.6) is 11.5 Å². The molecule has 0 fully saturated rings. The standard InChI is InChI=1S/C28H21FN4O2S/c1-18-31-25-15-30-12-11-26(25)33(18)21-6-8-22(9-7-21)34-16-19-3-2-4-23(13-19)35-17-28-32-24-10-5-20(29)14-27(24)36-28/h2-15H,16-17H2,1H3. The zero-order valence-corrected chi connectivity index (χ0v) is 20.2. The maximum Gasteiger partial charge on any atom is 0.140 e. The Morgan fingerprint density at radius 3 is 2.61 bits per heavy atom. The number of hydrogen-bond donors (Lipinski definition) is 0. The van der Waals surface area contributed by atoms with Crippen molar-refractivity contribution < 1.29 is 13.9 Å². The zero-order valence-electron chi connectivity index (χ0n) is 19.4. The lowest BCUT2D eigenvalue weighted by atomic mass is 10.2. The highest BCUT2D eigenvalue weighted by Gasteiger charge is 2.10. The van der Waals surface area contributed by atoms with Crippen molar-refractivity contribution in [2.24, 2.45) is 0 Å². The number of fused-ring (bicyclic) bond motifs is 2. The molecule has 178 valence electrons. The smallest absolute Gasteiger partial charge is 0.140 e. The molecule has 6 rings (SSSR count). The molecule has 3 heterocycles. The van der Waals surface area contributed by atoms with Gasteiger partial charge in [0.05, 0.1) is 21.9 Å². The van der Waals surface area contributed by atoms with Gasteiger partial charge in [-0.2, -0.15) is 0 Å². The fourth-order valence-corrected chi connectivity index (χ4v) is 5.02. The molecule has 0 aliphatic rings. The van der Waals surface area contributed by atoms with Crippen molar-refractivity contribution in [1.29, 1.82) is 0 Å². The van der Waals surface area contributed by atoms with Gasteiger partial charge in [0.25, 0.3) is 0 Å². The first-order valence-corrected chi connectivity index (χ1v) is 12.2. The van der Waals surface area contributed by atoms with Gasteiger partial charge >= 0.3 is 0 Å². The molecular formula is C28H21FN4O2S. The molecule has 6 aromatic rings. The van der Waals surface area contributed by atoms with E-state index >= 15 is 0 Å². The van der Waals surface area contributed by atoms with E-state index in [9.17, 15) is 4.39 Å². The number of thiazole rings is 1. The topological polar surface area (TPSA) is 62.1 Å². The van der Waals surface area contributed by atoms with Crippen LogP contribution in [0.15, 0.2) is 85.2 Å². The van der Waals surface area contributed by atoms with E-state index in [4.69, 9.17) is 9.47 Å². The van der Waals surface area contributed by atoms with Crippen molar-refractivity contribution in [3.05, 3.63) is 107 Å². The predicted molar refractivity (Wildman–Crippen MR) is 138 cm³/mol. The van der Waals surface area contributed by atoms with Gasteiger partial charge < -0.3 is 9.47 Å². The number of pyridine rings is 1. The minimum Gasteiger partial charge on any atom is -0.489 e. The Bertz CT molecular complexity index is 1680. The monoisotopic (exact) mass is 496 g/mol. The molecule has 3 aromatic heterocycles. The molecule has 3 aromatic carbocycles. The molecule has 0 unspecified atom stereocenters. The second-order valence-corrected chi connectivity index (χ2v) is 9.41. The summed E-state index contributed by atoms with van der Waals surface area (Å²) in [6.07, 6.45) is 3.55. The minimum absolute atomic E-state index is 0.260. The third kappa shape index (κ3) is 4.50. The molecule has 0 saturated carbocycles. The normalized spacial score (nSPS) is 11.3. The van der Waals surface area contributed by atoms with E-state index in [1.54, 1.807) is 18.5 Å². The quantitative estimate of drug-likeness (QED) is 0.248. The van der Waals surface area contributed by atoms with Gasteiger partial charge in [-0.05, 0) is 73.2 Å². The van der Waals surface area contributed by atoms with Crippen molar-refractivity contribution in [3.8, 4) is 17.2 Å². The molecule has 0 N–H and O–H groups in total. The van der Waals surface area contributed by atoms with Crippen LogP contribution in [0.1, 0.15) is 16.4 Å². The number of imidazole rings is 1. The van der Waals surface area contributed by atoms with Gasteiger partial charge in [0.2, 0.25) is 0 Å². The number of ether oxygens (including phenoxy) is 2. The Balaban J connectivity index is 1.10. The highest BCUT2D eigenvalue weighted by Crippen LogP contribution is 2.26. The summed E-state index contributed by atoms with van der Waals surface area (Å²) in [5.74, 6) is 2.15. The average Bonchev–Trinajstić information content (AvgIpc) is 3.46. The van der Waals surface area contributed by atoms with Crippen LogP contribution < -0.4 is 9.47 Å². The highest BCUT2D eigenvalue weighted by molar-refractivity contribution is 7.18. The highest BCUT2D eigenvalue weighted by atomic mass is 32.1. The van der Waals surface area contributed by atoms with Gasteiger partial charge in [-0.15, -0.1) is 11.3 Å². The summed E-state index contributed by atoms with van der Waals surface area (Å²) in [5, 5.41) is 0.800. The first-order chi connectivity index (χ1) is 17.6. The Morgan fingerprint density at radius 1 is 0.861 bits per heavy atom. The zero-order chi connectivity index (χ0) is 24.5. The molecule has 0 radical (unpaired) electrons. The van der Waals surface area contributed by atoms with E-state index in [0.717, 1.165) is 54.8 Å². The van der Waals surface area contributed by atoms with E-state index in [1.807, 2.05) is 61.5 Å². The fraction of sp³-hybridized carbons (Fsp3) is 0.107. The van der Waals surface area contributed by atoms with Crippen molar-refractivity contribution in [2.75, 3.05) is 0 Å². The number of hydrogen-bond acceptors (Lipinski definition) is 6. The molecule has 0 saturated heterocycles. The summed E-state index contributed by atoms with van der Waals surface area (Å²) >= 11 is 1.43. The second-order valence-electron chi connectivity index (χ2n) is 8.30. The van der Waals surface area contributed by atoms with Crippen LogP contribution >= 0.6 is 11.3 Å². The molecule has 0 atom stereocenters. The van der Waals surface area contributed by atoms with Crippen molar-refractivity contribution in [2.45, 2.75) is 20.1 Å². The van der Waals surface area contributed by atoms with E-state index < -0.39 is 0 Å². The van der Waals surface area contributed by atoms with Crippen LogP contribution in [0.25, 0.3) is 26.9 Å². The SMILES string of the molecule is Cc1nc2cnccc2n1-c1ccc(OCc2cccc(OCc3nc4ccc(F)cc4s3)c2)cc1. The molecular weight excluding hydrogens is 475 g/mol. The number of aromatic nitrogens is 4. The van der Waals surface area contributed by atoms with Crippen LogP contribution in [-0.4, -0.2) is 19.5 Å². The summed E-state index contributed by atoms with van der Waals surface area (Å²) in [6.45, 7) is 2.72. The predicted octanol–water partition coefficient (Wildman–Crippen LogP) is 6.64. The number of rotatable bonds is 7. The number of halogens is 1. The largest absolute Gasteiger partial charge is 0.489 e. The van der Waals surface area contributed by atoms with Crippen LogP contribution in [-0.2, 0) is 13.2 Å².